The minimum atomic E-state index is -0.119. The minimum absolute atomic E-state index is 0.00359. The Labute approximate surface area is 121 Å². The molecule has 1 aliphatic rings. The van der Waals surface area contributed by atoms with Crippen molar-refractivity contribution < 1.29 is 9.53 Å². The van der Waals surface area contributed by atoms with E-state index in [0.29, 0.717) is 0 Å². The highest BCUT2D eigenvalue weighted by atomic mass is 16.6. The average molecular weight is 272 g/mol. The predicted octanol–water partition coefficient (Wildman–Crippen LogP) is 4.75. The molecule has 0 saturated carbocycles. The molecular formula is C18H24O2. The lowest BCUT2D eigenvalue weighted by molar-refractivity contribution is -0.155. The third-order valence-corrected chi connectivity index (χ3v) is 3.89. The summed E-state index contributed by atoms with van der Waals surface area (Å²) in [4.78, 5) is 11.8. The number of esters is 1. The lowest BCUT2D eigenvalue weighted by Gasteiger charge is -2.31. The maximum Gasteiger partial charge on any atom is 0.338 e. The summed E-state index contributed by atoms with van der Waals surface area (Å²) in [6.45, 7) is 4.28. The van der Waals surface area contributed by atoms with Crippen LogP contribution in [0.15, 0.2) is 35.9 Å². The molecule has 20 heavy (non-hydrogen) atoms. The molecule has 2 nitrogen and oxygen atoms in total. The zero-order chi connectivity index (χ0) is 14.4. The Bertz CT molecular complexity index is 473. The van der Waals surface area contributed by atoms with E-state index in [2.05, 4.69) is 26.0 Å². The first-order valence-corrected chi connectivity index (χ1v) is 7.77. The van der Waals surface area contributed by atoms with Gasteiger partial charge in [-0.2, -0.15) is 0 Å². The molecule has 1 aliphatic heterocycles. The molecule has 2 rings (SSSR count). The number of carbonyl (C=O) groups is 1. The summed E-state index contributed by atoms with van der Waals surface area (Å²) >= 11 is 0. The van der Waals surface area contributed by atoms with Gasteiger partial charge in [0.25, 0.3) is 0 Å². The van der Waals surface area contributed by atoms with E-state index >= 15 is 0 Å². The fourth-order valence-electron chi connectivity index (χ4n) is 2.73. The Kier molecular flexibility index (Phi) is 5.40. The summed E-state index contributed by atoms with van der Waals surface area (Å²) in [6, 6.07) is 10.3. The Balaban J connectivity index is 2.20. The zero-order valence-corrected chi connectivity index (χ0v) is 12.5. The van der Waals surface area contributed by atoms with E-state index in [1.165, 1.54) is 30.4 Å². The van der Waals surface area contributed by atoms with Crippen LogP contribution in [0.4, 0.5) is 0 Å². The van der Waals surface area contributed by atoms with Gasteiger partial charge in [0.2, 0.25) is 0 Å². The standard InChI is InChI=1S/C18H24O2/c1-3-5-6-10-13-15(14-11-8-7-9-12-14)17-16(4-2)20-18(17)19/h7-9,11-12,16H,3-6,10,13H2,1-2H3/b17-15+. The predicted molar refractivity (Wildman–Crippen MR) is 82.3 cm³/mol. The van der Waals surface area contributed by atoms with E-state index in [-0.39, 0.29) is 12.1 Å². The van der Waals surface area contributed by atoms with Gasteiger partial charge in [-0.05, 0) is 30.4 Å². The zero-order valence-electron chi connectivity index (χ0n) is 12.5. The lowest BCUT2D eigenvalue weighted by Crippen LogP contribution is -2.37. The van der Waals surface area contributed by atoms with Crippen molar-refractivity contribution in [1.29, 1.82) is 0 Å². The summed E-state index contributed by atoms with van der Waals surface area (Å²) < 4.78 is 5.23. The molecule has 0 N–H and O–H groups in total. The molecule has 0 aliphatic carbocycles. The van der Waals surface area contributed by atoms with E-state index in [0.717, 1.165) is 24.8 Å². The van der Waals surface area contributed by atoms with Gasteiger partial charge in [0, 0.05) is 0 Å². The SMILES string of the molecule is CCCCCC/C(=C1\C(=O)OC1CC)c1ccccc1. The van der Waals surface area contributed by atoms with Crippen molar-refractivity contribution in [2.75, 3.05) is 0 Å². The average Bonchev–Trinajstić information content (AvgIpc) is 2.48. The van der Waals surface area contributed by atoms with Gasteiger partial charge in [0.05, 0.1) is 5.57 Å². The molecule has 1 aromatic rings. The first kappa shape index (κ1) is 14.8. The number of benzene rings is 1. The van der Waals surface area contributed by atoms with Gasteiger partial charge in [0.15, 0.2) is 0 Å². The van der Waals surface area contributed by atoms with Crippen LogP contribution in [0.2, 0.25) is 0 Å². The van der Waals surface area contributed by atoms with Crippen LogP contribution in [0.1, 0.15) is 57.9 Å². The van der Waals surface area contributed by atoms with E-state index in [1.807, 2.05) is 18.2 Å². The smallest absolute Gasteiger partial charge is 0.338 e. The highest BCUT2D eigenvalue weighted by Crippen LogP contribution is 2.35. The number of carbonyl (C=O) groups excluding carboxylic acids is 1. The Morgan fingerprint density at radius 1 is 1.10 bits per heavy atom. The van der Waals surface area contributed by atoms with Crippen LogP contribution in [-0.2, 0) is 9.53 Å². The Hall–Kier alpha value is -1.57. The van der Waals surface area contributed by atoms with Crippen molar-refractivity contribution in [2.24, 2.45) is 0 Å². The molecule has 0 radical (unpaired) electrons. The molecule has 1 fully saturated rings. The van der Waals surface area contributed by atoms with Gasteiger partial charge >= 0.3 is 5.97 Å². The first-order chi connectivity index (χ1) is 9.77. The van der Waals surface area contributed by atoms with Crippen LogP contribution in [0, 0.1) is 0 Å². The highest BCUT2D eigenvalue weighted by molar-refractivity contribution is 6.03. The number of hydrogen-bond donors (Lipinski definition) is 0. The molecule has 1 atom stereocenters. The van der Waals surface area contributed by atoms with Gasteiger partial charge in [-0.3, -0.25) is 0 Å². The monoisotopic (exact) mass is 272 g/mol. The van der Waals surface area contributed by atoms with Crippen molar-refractivity contribution in [3.05, 3.63) is 41.5 Å². The summed E-state index contributed by atoms with van der Waals surface area (Å²) in [7, 11) is 0. The molecule has 2 heteroatoms. The molecule has 108 valence electrons. The molecule has 0 aromatic heterocycles. The van der Waals surface area contributed by atoms with Gasteiger partial charge in [0.1, 0.15) is 6.10 Å². The van der Waals surface area contributed by atoms with Crippen molar-refractivity contribution in [1.82, 2.24) is 0 Å². The second-order valence-electron chi connectivity index (χ2n) is 5.37. The molecule has 0 spiro atoms. The third-order valence-electron chi connectivity index (χ3n) is 3.89. The summed E-state index contributed by atoms with van der Waals surface area (Å²) in [6.07, 6.45) is 6.72. The third kappa shape index (κ3) is 3.30. The molecule has 1 unspecified atom stereocenters. The largest absolute Gasteiger partial charge is 0.454 e. The number of rotatable bonds is 7. The number of ether oxygens (including phenoxy) is 1. The van der Waals surface area contributed by atoms with Crippen LogP contribution < -0.4 is 0 Å². The van der Waals surface area contributed by atoms with E-state index in [9.17, 15) is 4.79 Å². The number of hydrogen-bond acceptors (Lipinski definition) is 2. The van der Waals surface area contributed by atoms with Crippen LogP contribution >= 0.6 is 0 Å². The molecule has 0 bridgehead atoms. The van der Waals surface area contributed by atoms with E-state index in [1.54, 1.807) is 0 Å². The second-order valence-corrected chi connectivity index (χ2v) is 5.37. The quantitative estimate of drug-likeness (QED) is 0.407. The molecule has 1 aromatic carbocycles. The van der Waals surface area contributed by atoms with Gasteiger partial charge in [-0.15, -0.1) is 0 Å². The van der Waals surface area contributed by atoms with Crippen molar-refractivity contribution in [3.8, 4) is 0 Å². The normalized spacial score (nSPS) is 20.3. The van der Waals surface area contributed by atoms with Crippen LogP contribution in [0.25, 0.3) is 5.57 Å². The van der Waals surface area contributed by atoms with Crippen LogP contribution in [0.5, 0.6) is 0 Å². The Morgan fingerprint density at radius 3 is 2.45 bits per heavy atom. The lowest BCUT2D eigenvalue weighted by atomic mass is 9.88. The van der Waals surface area contributed by atoms with E-state index < -0.39 is 0 Å². The van der Waals surface area contributed by atoms with Gasteiger partial charge < -0.3 is 4.74 Å². The second kappa shape index (κ2) is 7.28. The van der Waals surface area contributed by atoms with Crippen LogP contribution in [0.3, 0.4) is 0 Å². The number of cyclic esters (lactones) is 1. The van der Waals surface area contributed by atoms with Crippen molar-refractivity contribution in [2.45, 2.75) is 58.5 Å². The van der Waals surface area contributed by atoms with Gasteiger partial charge in [-0.1, -0.05) is 63.4 Å². The molecule has 0 amide bonds. The van der Waals surface area contributed by atoms with Gasteiger partial charge in [-0.25, -0.2) is 4.79 Å². The van der Waals surface area contributed by atoms with E-state index in [4.69, 9.17) is 4.74 Å². The maximum absolute atomic E-state index is 11.8. The Morgan fingerprint density at radius 2 is 1.85 bits per heavy atom. The summed E-state index contributed by atoms with van der Waals surface area (Å²) in [5.74, 6) is -0.119. The first-order valence-electron chi connectivity index (χ1n) is 7.77. The van der Waals surface area contributed by atoms with Crippen molar-refractivity contribution in [3.63, 3.8) is 0 Å². The highest BCUT2D eigenvalue weighted by Gasteiger charge is 2.37. The molecular weight excluding hydrogens is 248 g/mol. The maximum atomic E-state index is 11.8. The molecule has 1 saturated heterocycles. The topological polar surface area (TPSA) is 26.3 Å². The fourth-order valence-corrected chi connectivity index (χ4v) is 2.73. The fraction of sp³-hybridized carbons (Fsp3) is 0.500. The summed E-state index contributed by atoms with van der Waals surface area (Å²) in [5, 5.41) is 0. The number of unbranched alkanes of at least 4 members (excludes halogenated alkanes) is 3. The van der Waals surface area contributed by atoms with Crippen molar-refractivity contribution >= 4 is 11.5 Å². The number of allylic oxidation sites excluding steroid dienone is 1. The summed E-state index contributed by atoms with van der Waals surface area (Å²) in [5.41, 5.74) is 3.29. The van der Waals surface area contributed by atoms with Crippen LogP contribution in [-0.4, -0.2) is 12.1 Å². The molecule has 1 heterocycles. The minimum Gasteiger partial charge on any atom is -0.454 e.